The van der Waals surface area contributed by atoms with E-state index in [2.05, 4.69) is 21.9 Å². The Kier molecular flexibility index (Phi) is 4.65. The van der Waals surface area contributed by atoms with Gasteiger partial charge in [-0.2, -0.15) is 5.10 Å². The molecule has 3 rings (SSSR count). The van der Waals surface area contributed by atoms with Crippen molar-refractivity contribution in [3.05, 3.63) is 70.7 Å². The Morgan fingerprint density at radius 3 is 2.82 bits per heavy atom. The highest BCUT2D eigenvalue weighted by Gasteiger charge is 2.06. The summed E-state index contributed by atoms with van der Waals surface area (Å²) in [5.74, 6) is 0.0316. The maximum Gasteiger partial charge on any atom is 0.224 e. The second-order valence-electron chi connectivity index (χ2n) is 4.98. The van der Waals surface area contributed by atoms with E-state index in [-0.39, 0.29) is 5.91 Å². The van der Waals surface area contributed by atoms with Gasteiger partial charge in [-0.1, -0.05) is 24.3 Å². The minimum absolute atomic E-state index is 0.0316. The van der Waals surface area contributed by atoms with Crippen LogP contribution in [0.1, 0.15) is 10.4 Å². The SMILES string of the molecule is O=C(Cc1cnn(-c2ccccc2)c1)NCCc1cccs1. The van der Waals surface area contributed by atoms with Crippen LogP contribution in [0.3, 0.4) is 0 Å². The third kappa shape index (κ3) is 3.83. The highest BCUT2D eigenvalue weighted by molar-refractivity contribution is 7.09. The Hall–Kier alpha value is -2.40. The first-order valence-corrected chi connectivity index (χ1v) is 8.07. The molecule has 22 heavy (non-hydrogen) atoms. The molecule has 0 aliphatic heterocycles. The van der Waals surface area contributed by atoms with Gasteiger partial charge in [0.25, 0.3) is 0 Å². The van der Waals surface area contributed by atoms with Gasteiger partial charge in [0.2, 0.25) is 5.91 Å². The van der Waals surface area contributed by atoms with Crippen LogP contribution in [0.15, 0.2) is 60.2 Å². The number of hydrogen-bond donors (Lipinski definition) is 1. The molecule has 2 heterocycles. The van der Waals surface area contributed by atoms with E-state index in [0.29, 0.717) is 13.0 Å². The molecular formula is C17H17N3OS. The Bertz CT molecular complexity index is 719. The highest BCUT2D eigenvalue weighted by atomic mass is 32.1. The fourth-order valence-corrected chi connectivity index (χ4v) is 2.91. The quantitative estimate of drug-likeness (QED) is 0.761. The first-order valence-electron chi connectivity index (χ1n) is 7.19. The normalized spacial score (nSPS) is 10.5. The molecule has 2 aromatic heterocycles. The van der Waals surface area contributed by atoms with Gasteiger partial charge in [0.15, 0.2) is 0 Å². The van der Waals surface area contributed by atoms with Gasteiger partial charge in [-0.3, -0.25) is 4.79 Å². The van der Waals surface area contributed by atoms with Crippen LogP contribution in [0, 0.1) is 0 Å². The zero-order valence-corrected chi connectivity index (χ0v) is 12.9. The fraction of sp³-hybridized carbons (Fsp3) is 0.176. The molecule has 1 N–H and O–H groups in total. The van der Waals surface area contributed by atoms with Crippen molar-refractivity contribution in [2.24, 2.45) is 0 Å². The number of aromatic nitrogens is 2. The minimum Gasteiger partial charge on any atom is -0.355 e. The van der Waals surface area contributed by atoms with Crippen LogP contribution in [0.2, 0.25) is 0 Å². The molecular weight excluding hydrogens is 294 g/mol. The lowest BCUT2D eigenvalue weighted by atomic mass is 10.2. The third-order valence-electron chi connectivity index (χ3n) is 3.30. The van der Waals surface area contributed by atoms with Gasteiger partial charge in [0.05, 0.1) is 18.3 Å². The molecule has 4 nitrogen and oxygen atoms in total. The molecule has 0 fully saturated rings. The maximum absolute atomic E-state index is 11.9. The molecule has 112 valence electrons. The topological polar surface area (TPSA) is 46.9 Å². The highest BCUT2D eigenvalue weighted by Crippen LogP contribution is 2.09. The smallest absolute Gasteiger partial charge is 0.224 e. The number of carbonyl (C=O) groups excluding carboxylic acids is 1. The zero-order valence-electron chi connectivity index (χ0n) is 12.1. The number of carbonyl (C=O) groups is 1. The summed E-state index contributed by atoms with van der Waals surface area (Å²) in [6, 6.07) is 14.0. The predicted molar refractivity (Wildman–Crippen MR) is 88.3 cm³/mol. The number of rotatable bonds is 6. The molecule has 1 aromatic carbocycles. The first-order chi connectivity index (χ1) is 10.8. The third-order valence-corrected chi connectivity index (χ3v) is 4.23. The van der Waals surface area contributed by atoms with Gasteiger partial charge in [-0.15, -0.1) is 11.3 Å². The van der Waals surface area contributed by atoms with Gasteiger partial charge in [0, 0.05) is 17.6 Å². The van der Waals surface area contributed by atoms with E-state index >= 15 is 0 Å². The van der Waals surface area contributed by atoms with Crippen LogP contribution in [0.25, 0.3) is 5.69 Å². The van der Waals surface area contributed by atoms with Crippen LogP contribution in [0.4, 0.5) is 0 Å². The van der Waals surface area contributed by atoms with Crippen molar-refractivity contribution in [2.45, 2.75) is 12.8 Å². The Morgan fingerprint density at radius 2 is 2.05 bits per heavy atom. The second kappa shape index (κ2) is 7.04. The van der Waals surface area contributed by atoms with Gasteiger partial charge in [-0.05, 0) is 35.6 Å². The molecule has 0 bridgehead atoms. The number of thiophene rings is 1. The van der Waals surface area contributed by atoms with Crippen LogP contribution >= 0.6 is 11.3 Å². The van der Waals surface area contributed by atoms with Crippen molar-refractivity contribution >= 4 is 17.2 Å². The average molecular weight is 311 g/mol. The number of benzene rings is 1. The van der Waals surface area contributed by atoms with Crippen molar-refractivity contribution in [3.8, 4) is 5.69 Å². The largest absolute Gasteiger partial charge is 0.355 e. The maximum atomic E-state index is 11.9. The van der Waals surface area contributed by atoms with E-state index in [1.54, 1.807) is 22.2 Å². The summed E-state index contributed by atoms with van der Waals surface area (Å²) in [5, 5.41) is 9.30. The van der Waals surface area contributed by atoms with E-state index in [1.807, 2.05) is 42.6 Å². The first kappa shape index (κ1) is 14.5. The van der Waals surface area contributed by atoms with Crippen molar-refractivity contribution in [2.75, 3.05) is 6.54 Å². The Morgan fingerprint density at radius 1 is 1.18 bits per heavy atom. The second-order valence-corrected chi connectivity index (χ2v) is 6.02. The standard InChI is InChI=1S/C17H17N3OS/c21-17(18-9-8-16-7-4-10-22-16)11-14-12-19-20(13-14)15-5-2-1-3-6-15/h1-7,10,12-13H,8-9,11H2,(H,18,21). The van der Waals surface area contributed by atoms with Crippen molar-refractivity contribution in [1.82, 2.24) is 15.1 Å². The fourth-order valence-electron chi connectivity index (χ4n) is 2.20. The van der Waals surface area contributed by atoms with E-state index < -0.39 is 0 Å². The van der Waals surface area contributed by atoms with Crippen LogP contribution in [-0.2, 0) is 17.6 Å². The number of nitrogens with one attached hydrogen (secondary N) is 1. The Balaban J connectivity index is 1.50. The van der Waals surface area contributed by atoms with Crippen molar-refractivity contribution < 1.29 is 4.79 Å². The minimum atomic E-state index is 0.0316. The molecule has 0 unspecified atom stereocenters. The van der Waals surface area contributed by atoms with Crippen LogP contribution in [-0.4, -0.2) is 22.2 Å². The zero-order chi connectivity index (χ0) is 15.2. The average Bonchev–Trinajstić information content (AvgIpc) is 3.20. The van der Waals surface area contributed by atoms with E-state index in [0.717, 1.165) is 17.7 Å². The summed E-state index contributed by atoms with van der Waals surface area (Å²) in [5.41, 5.74) is 1.91. The molecule has 0 aliphatic rings. The summed E-state index contributed by atoms with van der Waals surface area (Å²) in [6.45, 7) is 0.673. The summed E-state index contributed by atoms with van der Waals surface area (Å²) >= 11 is 1.71. The number of nitrogens with zero attached hydrogens (tertiary/aromatic N) is 2. The molecule has 0 spiro atoms. The van der Waals surface area contributed by atoms with Gasteiger partial charge in [0.1, 0.15) is 0 Å². The molecule has 0 saturated carbocycles. The summed E-state index contributed by atoms with van der Waals surface area (Å²) in [7, 11) is 0. The van der Waals surface area contributed by atoms with Gasteiger partial charge in [-0.25, -0.2) is 4.68 Å². The van der Waals surface area contributed by atoms with Gasteiger partial charge >= 0.3 is 0 Å². The molecule has 5 heteroatoms. The molecule has 0 radical (unpaired) electrons. The van der Waals surface area contributed by atoms with Crippen molar-refractivity contribution in [1.29, 1.82) is 0 Å². The summed E-state index contributed by atoms with van der Waals surface area (Å²) < 4.78 is 1.79. The lowest BCUT2D eigenvalue weighted by molar-refractivity contribution is -0.120. The summed E-state index contributed by atoms with van der Waals surface area (Å²) in [4.78, 5) is 13.2. The number of para-hydroxylation sites is 1. The molecule has 0 aliphatic carbocycles. The monoisotopic (exact) mass is 311 g/mol. The lowest BCUT2D eigenvalue weighted by Crippen LogP contribution is -2.26. The molecule has 3 aromatic rings. The van der Waals surface area contributed by atoms with Crippen LogP contribution < -0.4 is 5.32 Å². The van der Waals surface area contributed by atoms with E-state index in [9.17, 15) is 4.79 Å². The Labute approximate surface area is 133 Å². The van der Waals surface area contributed by atoms with E-state index in [4.69, 9.17) is 0 Å². The number of hydrogen-bond acceptors (Lipinski definition) is 3. The number of amides is 1. The molecule has 1 amide bonds. The lowest BCUT2D eigenvalue weighted by Gasteiger charge is -2.03. The van der Waals surface area contributed by atoms with Gasteiger partial charge < -0.3 is 5.32 Å². The summed E-state index contributed by atoms with van der Waals surface area (Å²) in [6.07, 6.45) is 4.88. The van der Waals surface area contributed by atoms with E-state index in [1.165, 1.54) is 4.88 Å². The predicted octanol–water partition coefficient (Wildman–Crippen LogP) is 2.84. The molecule has 0 saturated heterocycles. The molecule has 0 atom stereocenters. The van der Waals surface area contributed by atoms with Crippen molar-refractivity contribution in [3.63, 3.8) is 0 Å². The van der Waals surface area contributed by atoms with Crippen LogP contribution in [0.5, 0.6) is 0 Å².